The van der Waals surface area contributed by atoms with Gasteiger partial charge >= 0.3 is 0 Å². The molecule has 164 valence electrons. The minimum absolute atomic E-state index is 0.0325. The van der Waals surface area contributed by atoms with Crippen molar-refractivity contribution in [2.45, 2.75) is 58.4 Å². The van der Waals surface area contributed by atoms with E-state index in [1.807, 2.05) is 18.2 Å². The molecule has 31 heavy (non-hydrogen) atoms. The van der Waals surface area contributed by atoms with Crippen molar-refractivity contribution in [1.29, 1.82) is 0 Å². The maximum Gasteiger partial charge on any atom is 0.287 e. The lowest BCUT2D eigenvalue weighted by Crippen LogP contribution is -2.35. The number of nitrogens with zero attached hydrogens (tertiary/aromatic N) is 1. The number of fused-ring (bicyclic) bond motifs is 1. The molecule has 1 aromatic heterocycles. The Bertz CT molecular complexity index is 1000. The molecule has 7 heteroatoms. The highest BCUT2D eigenvalue weighted by molar-refractivity contribution is 6.03. The molecule has 1 aliphatic heterocycles. The van der Waals surface area contributed by atoms with Gasteiger partial charge in [-0.2, -0.15) is 0 Å². The van der Waals surface area contributed by atoms with Crippen LogP contribution < -0.4 is 15.5 Å². The average Bonchev–Trinajstić information content (AvgIpc) is 3.37. The van der Waals surface area contributed by atoms with Gasteiger partial charge in [0.2, 0.25) is 5.91 Å². The summed E-state index contributed by atoms with van der Waals surface area (Å²) in [6.45, 7) is 5.61. The first-order valence-corrected chi connectivity index (χ1v) is 11.0. The molecule has 1 unspecified atom stereocenters. The highest BCUT2D eigenvalue weighted by Gasteiger charge is 2.29. The first kappa shape index (κ1) is 21.2. The number of rotatable bonds is 6. The van der Waals surface area contributed by atoms with Gasteiger partial charge in [-0.25, -0.2) is 0 Å². The van der Waals surface area contributed by atoms with Gasteiger partial charge in [0.05, 0.1) is 5.56 Å². The van der Waals surface area contributed by atoms with Crippen molar-refractivity contribution in [2.24, 2.45) is 0 Å². The Morgan fingerprint density at radius 2 is 1.94 bits per heavy atom. The first-order valence-electron chi connectivity index (χ1n) is 11.0. The van der Waals surface area contributed by atoms with Gasteiger partial charge in [-0.3, -0.25) is 14.4 Å². The number of amides is 2. The molecule has 0 bridgehead atoms. The highest BCUT2D eigenvalue weighted by atomic mass is 16.4. The summed E-state index contributed by atoms with van der Waals surface area (Å²) in [4.78, 5) is 39.6. The summed E-state index contributed by atoms with van der Waals surface area (Å²) in [5.74, 6) is 0.242. The van der Waals surface area contributed by atoms with Crippen LogP contribution in [0.5, 0.6) is 0 Å². The van der Waals surface area contributed by atoms with Crippen LogP contribution in [0.15, 0.2) is 28.7 Å². The van der Waals surface area contributed by atoms with Crippen LogP contribution in [-0.2, 0) is 11.2 Å². The van der Waals surface area contributed by atoms with E-state index in [2.05, 4.69) is 21.6 Å². The summed E-state index contributed by atoms with van der Waals surface area (Å²) >= 11 is 0. The fraction of sp³-hybridized carbons (Fsp3) is 0.458. The standard InChI is InChI=1S/C24H29N3O4/c1-15(25-24(30)23-16(2)22-19(28)9-6-10-20(22)31-23)13-21(29)26-17-7-5-8-18(14-17)27-11-3-4-12-27/h5,7-8,14-15H,3-4,6,9-13H2,1-2H3,(H,25,30)(H,26,29). The van der Waals surface area contributed by atoms with Gasteiger partial charge in [-0.15, -0.1) is 0 Å². The van der Waals surface area contributed by atoms with Gasteiger partial charge in [0, 0.05) is 55.3 Å². The molecule has 2 aromatic rings. The Hall–Kier alpha value is -3.09. The quantitative estimate of drug-likeness (QED) is 0.736. The van der Waals surface area contributed by atoms with Crippen molar-refractivity contribution >= 4 is 29.0 Å². The lowest BCUT2D eigenvalue weighted by molar-refractivity contribution is -0.116. The summed E-state index contributed by atoms with van der Waals surface area (Å²) in [5.41, 5.74) is 3.01. The number of nitrogens with one attached hydrogen (secondary N) is 2. The molecule has 7 nitrogen and oxygen atoms in total. The van der Waals surface area contributed by atoms with Gasteiger partial charge in [-0.1, -0.05) is 6.07 Å². The van der Waals surface area contributed by atoms with Crippen LogP contribution in [0.4, 0.5) is 11.4 Å². The number of anilines is 2. The predicted octanol–water partition coefficient (Wildman–Crippen LogP) is 3.85. The van der Waals surface area contributed by atoms with E-state index in [1.54, 1.807) is 13.8 Å². The average molecular weight is 424 g/mol. The maximum atomic E-state index is 12.7. The van der Waals surface area contributed by atoms with Crippen LogP contribution in [0.3, 0.4) is 0 Å². The number of ketones is 1. The van der Waals surface area contributed by atoms with Gasteiger partial charge in [-0.05, 0) is 51.3 Å². The van der Waals surface area contributed by atoms with Crippen molar-refractivity contribution < 1.29 is 18.8 Å². The maximum absolute atomic E-state index is 12.7. The molecule has 2 amide bonds. The zero-order chi connectivity index (χ0) is 22.0. The number of hydrogen-bond donors (Lipinski definition) is 2. The van der Waals surface area contributed by atoms with Crippen molar-refractivity contribution in [3.8, 4) is 0 Å². The zero-order valence-electron chi connectivity index (χ0n) is 18.1. The lowest BCUT2D eigenvalue weighted by Gasteiger charge is -2.19. The van der Waals surface area contributed by atoms with E-state index in [4.69, 9.17) is 4.42 Å². The lowest BCUT2D eigenvalue weighted by atomic mass is 9.94. The molecule has 2 N–H and O–H groups in total. The van der Waals surface area contributed by atoms with E-state index in [9.17, 15) is 14.4 Å². The van der Waals surface area contributed by atoms with E-state index in [1.165, 1.54) is 12.8 Å². The van der Waals surface area contributed by atoms with Gasteiger partial charge in [0.15, 0.2) is 11.5 Å². The number of Topliss-reactive ketones (excluding diaryl/α,β-unsaturated/α-hetero) is 1. The number of aryl methyl sites for hydroxylation is 1. The van der Waals surface area contributed by atoms with Gasteiger partial charge < -0.3 is 20.0 Å². The van der Waals surface area contributed by atoms with Crippen molar-refractivity contribution in [3.63, 3.8) is 0 Å². The Morgan fingerprint density at radius 3 is 2.68 bits per heavy atom. The summed E-state index contributed by atoms with van der Waals surface area (Å²) in [7, 11) is 0. The van der Waals surface area contributed by atoms with Crippen LogP contribution in [0.1, 0.15) is 71.3 Å². The topological polar surface area (TPSA) is 91.7 Å². The molecule has 4 rings (SSSR count). The SMILES string of the molecule is Cc1c(C(=O)NC(C)CC(=O)Nc2cccc(N3CCCC3)c2)oc2c1C(=O)CCC2. The normalized spacial score (nSPS) is 16.7. The number of carbonyl (C=O) groups excluding carboxylic acids is 3. The molecule has 0 spiro atoms. The summed E-state index contributed by atoms with van der Waals surface area (Å²) < 4.78 is 5.69. The fourth-order valence-corrected chi connectivity index (χ4v) is 4.45. The molecule has 1 atom stereocenters. The van der Waals surface area contributed by atoms with E-state index in [0.29, 0.717) is 29.7 Å². The summed E-state index contributed by atoms with van der Waals surface area (Å²) in [6, 6.07) is 7.47. The largest absolute Gasteiger partial charge is 0.455 e. The molecule has 2 heterocycles. The van der Waals surface area contributed by atoms with Gasteiger partial charge in [0.25, 0.3) is 5.91 Å². The molecule has 1 aliphatic carbocycles. The number of hydrogen-bond acceptors (Lipinski definition) is 5. The Morgan fingerprint density at radius 1 is 1.16 bits per heavy atom. The second-order valence-corrected chi connectivity index (χ2v) is 8.50. The second-order valence-electron chi connectivity index (χ2n) is 8.50. The van der Waals surface area contributed by atoms with E-state index < -0.39 is 5.91 Å². The minimum atomic E-state index is -0.393. The number of furan rings is 1. The zero-order valence-corrected chi connectivity index (χ0v) is 18.1. The molecule has 2 aliphatic rings. The fourth-order valence-electron chi connectivity index (χ4n) is 4.45. The molecule has 1 saturated heterocycles. The Balaban J connectivity index is 1.34. The van der Waals surface area contributed by atoms with Crippen LogP contribution in [0.25, 0.3) is 0 Å². The second kappa shape index (κ2) is 8.96. The third kappa shape index (κ3) is 4.65. The Labute approximate surface area is 182 Å². The smallest absolute Gasteiger partial charge is 0.287 e. The van der Waals surface area contributed by atoms with Crippen LogP contribution >= 0.6 is 0 Å². The molecule has 1 fully saturated rings. The molecule has 0 saturated carbocycles. The van der Waals surface area contributed by atoms with Crippen molar-refractivity contribution in [1.82, 2.24) is 5.32 Å². The molecular formula is C24H29N3O4. The Kier molecular flexibility index (Phi) is 6.11. The molecule has 0 radical (unpaired) electrons. The third-order valence-corrected chi connectivity index (χ3v) is 5.98. The molecule has 1 aromatic carbocycles. The molecular weight excluding hydrogens is 394 g/mol. The van der Waals surface area contributed by atoms with Crippen molar-refractivity contribution in [3.05, 3.63) is 46.9 Å². The van der Waals surface area contributed by atoms with Crippen molar-refractivity contribution in [2.75, 3.05) is 23.3 Å². The van der Waals surface area contributed by atoms with Crippen LogP contribution in [0.2, 0.25) is 0 Å². The monoisotopic (exact) mass is 423 g/mol. The van der Waals surface area contributed by atoms with E-state index in [0.717, 1.165) is 30.9 Å². The number of benzene rings is 1. The minimum Gasteiger partial charge on any atom is -0.455 e. The summed E-state index contributed by atoms with van der Waals surface area (Å²) in [5, 5.41) is 5.74. The first-order chi connectivity index (χ1) is 14.9. The third-order valence-electron chi connectivity index (χ3n) is 5.98. The highest BCUT2D eigenvalue weighted by Crippen LogP contribution is 2.29. The van der Waals surface area contributed by atoms with E-state index in [-0.39, 0.29) is 29.9 Å². The van der Waals surface area contributed by atoms with Gasteiger partial charge in [0.1, 0.15) is 5.76 Å². The summed E-state index contributed by atoms with van der Waals surface area (Å²) in [6.07, 6.45) is 4.43. The van der Waals surface area contributed by atoms with Crippen LogP contribution in [0, 0.1) is 6.92 Å². The van der Waals surface area contributed by atoms with Crippen LogP contribution in [-0.4, -0.2) is 36.7 Å². The predicted molar refractivity (Wildman–Crippen MR) is 119 cm³/mol. The number of carbonyl (C=O) groups is 3. The van der Waals surface area contributed by atoms with E-state index >= 15 is 0 Å².